The van der Waals surface area contributed by atoms with Crippen molar-refractivity contribution in [2.45, 2.75) is 45.2 Å². The lowest BCUT2D eigenvalue weighted by molar-refractivity contribution is -0.149. The van der Waals surface area contributed by atoms with E-state index in [9.17, 15) is 22.8 Å². The van der Waals surface area contributed by atoms with Crippen molar-refractivity contribution in [1.82, 2.24) is 20.0 Å². The van der Waals surface area contributed by atoms with Crippen LogP contribution >= 0.6 is 0 Å². The van der Waals surface area contributed by atoms with Crippen LogP contribution in [0.3, 0.4) is 0 Å². The molecule has 0 saturated carbocycles. The Balaban J connectivity index is 2.20. The van der Waals surface area contributed by atoms with Crippen LogP contribution in [0.5, 0.6) is 0 Å². The fraction of sp³-hybridized carbons (Fsp3) is 0.583. The van der Waals surface area contributed by atoms with Crippen molar-refractivity contribution < 1.29 is 22.8 Å². The lowest BCUT2D eigenvalue weighted by atomic mass is 10.1. The molecule has 1 aromatic rings. The largest absolute Gasteiger partial charge is 0.408 e. The number of nitrogens with one attached hydrogen (secondary N) is 1. The van der Waals surface area contributed by atoms with Crippen molar-refractivity contribution in [3.05, 3.63) is 17.5 Å². The molecule has 9 heteroatoms. The highest BCUT2D eigenvalue weighted by atomic mass is 19.4. The molecule has 0 saturated heterocycles. The summed E-state index contributed by atoms with van der Waals surface area (Å²) in [6.07, 6.45) is -2.62. The molecule has 2 heterocycles. The van der Waals surface area contributed by atoms with Gasteiger partial charge in [-0.25, -0.2) is 0 Å². The fourth-order valence-electron chi connectivity index (χ4n) is 2.11. The minimum atomic E-state index is -4.51. The van der Waals surface area contributed by atoms with E-state index in [0.717, 1.165) is 6.92 Å². The van der Waals surface area contributed by atoms with Crippen LogP contribution in [0.15, 0.2) is 6.20 Å². The number of nitrogens with zero attached hydrogens (tertiary/aromatic N) is 3. The van der Waals surface area contributed by atoms with Gasteiger partial charge in [-0.15, -0.1) is 0 Å². The van der Waals surface area contributed by atoms with Crippen molar-refractivity contribution in [3.8, 4) is 0 Å². The van der Waals surface area contributed by atoms with Gasteiger partial charge in [-0.05, 0) is 13.8 Å². The summed E-state index contributed by atoms with van der Waals surface area (Å²) in [5.74, 6) is -0.846. The Morgan fingerprint density at radius 2 is 2.24 bits per heavy atom. The van der Waals surface area contributed by atoms with E-state index in [0.29, 0.717) is 18.6 Å². The van der Waals surface area contributed by atoms with E-state index in [4.69, 9.17) is 0 Å². The predicted octanol–water partition coefficient (Wildman–Crippen LogP) is 0.924. The average Bonchev–Trinajstić information content (AvgIpc) is 2.79. The number of carbonyl (C=O) groups excluding carboxylic acids is 2. The molecule has 0 aromatic carbocycles. The zero-order valence-corrected chi connectivity index (χ0v) is 11.5. The number of hydrogen-bond acceptors (Lipinski definition) is 3. The van der Waals surface area contributed by atoms with Crippen LogP contribution < -0.4 is 5.32 Å². The first-order valence-corrected chi connectivity index (χ1v) is 6.37. The molecule has 2 rings (SSSR count). The third kappa shape index (κ3) is 3.01. The third-order valence-corrected chi connectivity index (χ3v) is 3.50. The molecule has 2 amide bonds. The average molecular weight is 304 g/mol. The summed E-state index contributed by atoms with van der Waals surface area (Å²) in [5.41, 5.74) is 0.497. The number of fused-ring (bicyclic) bond motifs is 1. The molecule has 6 nitrogen and oxygen atoms in total. The van der Waals surface area contributed by atoms with Crippen LogP contribution in [0.1, 0.15) is 29.9 Å². The summed E-state index contributed by atoms with van der Waals surface area (Å²) in [7, 11) is 0. The Hall–Kier alpha value is -2.06. The smallest absolute Gasteiger partial charge is 0.340 e. The molecule has 2 atom stereocenters. The Labute approximate surface area is 118 Å². The fourth-order valence-corrected chi connectivity index (χ4v) is 2.11. The summed E-state index contributed by atoms with van der Waals surface area (Å²) < 4.78 is 38.9. The summed E-state index contributed by atoms with van der Waals surface area (Å²) in [4.78, 5) is 24.4. The Morgan fingerprint density at radius 3 is 2.81 bits per heavy atom. The van der Waals surface area contributed by atoms with Crippen molar-refractivity contribution >= 4 is 12.3 Å². The summed E-state index contributed by atoms with van der Waals surface area (Å²) in [6, 6.07) is -2.04. The topological polar surface area (TPSA) is 67.2 Å². The van der Waals surface area contributed by atoms with Gasteiger partial charge in [-0.2, -0.15) is 18.3 Å². The molecule has 0 bridgehead atoms. The van der Waals surface area contributed by atoms with Crippen molar-refractivity contribution in [3.63, 3.8) is 0 Å². The number of hydrogen-bond donors (Lipinski definition) is 1. The second-order valence-electron chi connectivity index (χ2n) is 5.05. The van der Waals surface area contributed by atoms with Crippen LogP contribution in [0.2, 0.25) is 0 Å². The normalized spacial score (nSPS) is 19.9. The quantitative estimate of drug-likeness (QED) is 0.845. The number of amides is 2. The van der Waals surface area contributed by atoms with E-state index in [-0.39, 0.29) is 18.2 Å². The highest BCUT2D eigenvalue weighted by Gasteiger charge is 2.38. The number of carbonyl (C=O) groups is 2. The van der Waals surface area contributed by atoms with E-state index in [2.05, 4.69) is 5.10 Å². The first kappa shape index (κ1) is 15.3. The van der Waals surface area contributed by atoms with E-state index < -0.39 is 18.1 Å². The lowest BCUT2D eigenvalue weighted by Gasteiger charge is -2.31. The molecule has 1 aromatic heterocycles. The third-order valence-electron chi connectivity index (χ3n) is 3.50. The predicted molar refractivity (Wildman–Crippen MR) is 66.3 cm³/mol. The Kier molecular flexibility index (Phi) is 3.93. The molecule has 116 valence electrons. The SMILES string of the molecule is C[C@H]1Cn2ncc(C(=O)N[C@H](C)C(F)(F)F)c2CN1C=O. The van der Waals surface area contributed by atoms with Crippen molar-refractivity contribution in [2.75, 3.05) is 0 Å². The molecule has 0 unspecified atom stereocenters. The van der Waals surface area contributed by atoms with Crippen molar-refractivity contribution in [2.24, 2.45) is 0 Å². The van der Waals surface area contributed by atoms with Gasteiger partial charge < -0.3 is 10.2 Å². The lowest BCUT2D eigenvalue weighted by Crippen LogP contribution is -2.44. The summed E-state index contributed by atoms with van der Waals surface area (Å²) >= 11 is 0. The number of aromatic nitrogens is 2. The van der Waals surface area contributed by atoms with E-state index >= 15 is 0 Å². The molecule has 0 fully saturated rings. The van der Waals surface area contributed by atoms with Gasteiger partial charge >= 0.3 is 6.18 Å². The molecular weight excluding hydrogens is 289 g/mol. The highest BCUT2D eigenvalue weighted by Crippen LogP contribution is 2.22. The minimum absolute atomic E-state index is 0.0600. The van der Waals surface area contributed by atoms with Gasteiger partial charge in [0.25, 0.3) is 5.91 Å². The molecule has 0 spiro atoms. The van der Waals surface area contributed by atoms with Gasteiger partial charge in [0.2, 0.25) is 6.41 Å². The molecule has 1 aliphatic rings. The van der Waals surface area contributed by atoms with Gasteiger partial charge in [-0.1, -0.05) is 0 Å². The van der Waals surface area contributed by atoms with Gasteiger partial charge in [-0.3, -0.25) is 14.3 Å². The first-order valence-electron chi connectivity index (χ1n) is 6.37. The maximum absolute atomic E-state index is 12.5. The Bertz CT molecular complexity index is 555. The maximum atomic E-state index is 12.5. The zero-order valence-electron chi connectivity index (χ0n) is 11.5. The molecule has 21 heavy (non-hydrogen) atoms. The van der Waals surface area contributed by atoms with E-state index in [1.165, 1.54) is 15.8 Å². The van der Waals surface area contributed by atoms with Crippen molar-refractivity contribution in [1.29, 1.82) is 0 Å². The van der Waals surface area contributed by atoms with Gasteiger partial charge in [0, 0.05) is 6.04 Å². The first-order chi connectivity index (χ1) is 9.74. The monoisotopic (exact) mass is 304 g/mol. The molecule has 0 radical (unpaired) electrons. The minimum Gasteiger partial charge on any atom is -0.340 e. The maximum Gasteiger partial charge on any atom is 0.408 e. The van der Waals surface area contributed by atoms with Gasteiger partial charge in [0.05, 0.1) is 30.5 Å². The number of rotatable bonds is 3. The summed E-state index contributed by atoms with van der Waals surface area (Å²) in [6.45, 7) is 3.24. The molecule has 1 N–H and O–H groups in total. The molecule has 1 aliphatic heterocycles. The van der Waals surface area contributed by atoms with Crippen LogP contribution in [0, 0.1) is 0 Å². The zero-order chi connectivity index (χ0) is 15.8. The number of alkyl halides is 3. The van der Waals surface area contributed by atoms with Crippen LogP contribution in [-0.4, -0.2) is 45.3 Å². The second-order valence-corrected chi connectivity index (χ2v) is 5.05. The standard InChI is InChI=1S/C12H15F3N4O2/c1-7-4-19-10(5-18(7)6-20)9(3-16-19)11(21)17-8(2)12(13,14)15/h3,6-8H,4-5H2,1-2H3,(H,17,21)/t7-,8+/m0/s1. The van der Waals surface area contributed by atoms with Crippen LogP contribution in [-0.2, 0) is 17.9 Å². The second kappa shape index (κ2) is 5.38. The van der Waals surface area contributed by atoms with Gasteiger partial charge in [0.15, 0.2) is 0 Å². The van der Waals surface area contributed by atoms with E-state index in [1.54, 1.807) is 0 Å². The van der Waals surface area contributed by atoms with E-state index in [1.807, 2.05) is 12.2 Å². The molecule has 0 aliphatic carbocycles. The summed E-state index contributed by atoms with van der Waals surface area (Å²) in [5, 5.41) is 5.89. The van der Waals surface area contributed by atoms with Gasteiger partial charge in [0.1, 0.15) is 6.04 Å². The highest BCUT2D eigenvalue weighted by molar-refractivity contribution is 5.95. The molecular formula is C12H15F3N4O2. The number of halogens is 3. The van der Waals surface area contributed by atoms with Crippen LogP contribution in [0.4, 0.5) is 13.2 Å². The van der Waals surface area contributed by atoms with Crippen LogP contribution in [0.25, 0.3) is 0 Å². The Morgan fingerprint density at radius 1 is 1.57 bits per heavy atom.